The Morgan fingerprint density at radius 2 is 1.76 bits per heavy atom. The summed E-state index contributed by atoms with van der Waals surface area (Å²) in [7, 11) is 1.65. The third kappa shape index (κ3) is 3.10. The summed E-state index contributed by atoms with van der Waals surface area (Å²) in [5.74, 6) is -0.651. The molecule has 0 radical (unpaired) electrons. The topological polar surface area (TPSA) is 63.6 Å². The lowest BCUT2D eigenvalue weighted by atomic mass is 9.82. The highest BCUT2D eigenvalue weighted by atomic mass is 16.5. The van der Waals surface area contributed by atoms with Crippen molar-refractivity contribution in [2.75, 3.05) is 7.11 Å². The normalized spacial score (nSPS) is 17.9. The Kier molecular flexibility index (Phi) is 4.62. The molecular weight excluding hydrogens is 316 g/mol. The van der Waals surface area contributed by atoms with Gasteiger partial charge in [-0.3, -0.25) is 4.79 Å². The predicted molar refractivity (Wildman–Crippen MR) is 99.1 cm³/mol. The molecule has 2 rings (SSSR count). The Bertz CT molecular complexity index is 789. The van der Waals surface area contributed by atoms with Gasteiger partial charge in [-0.15, -0.1) is 0 Å². The van der Waals surface area contributed by atoms with Gasteiger partial charge in [0, 0.05) is 5.41 Å². The van der Waals surface area contributed by atoms with Gasteiger partial charge in [0.15, 0.2) is 5.78 Å². The van der Waals surface area contributed by atoms with E-state index in [1.807, 2.05) is 19.9 Å². The average molecular weight is 344 g/mol. The first-order chi connectivity index (χ1) is 11.3. The van der Waals surface area contributed by atoms with E-state index in [0.29, 0.717) is 12.0 Å². The minimum absolute atomic E-state index is 0.0803. The molecule has 4 nitrogen and oxygen atoms in total. The van der Waals surface area contributed by atoms with Crippen molar-refractivity contribution in [1.29, 1.82) is 0 Å². The molecule has 0 saturated carbocycles. The number of hydrogen-bond donors (Lipinski definition) is 1. The summed E-state index contributed by atoms with van der Waals surface area (Å²) >= 11 is 0. The van der Waals surface area contributed by atoms with Crippen LogP contribution in [0.25, 0.3) is 5.57 Å². The molecule has 0 heterocycles. The number of ether oxygens (including phenoxy) is 1. The molecule has 136 valence electrons. The summed E-state index contributed by atoms with van der Waals surface area (Å²) in [6.07, 6.45) is 0.527. The minimum Gasteiger partial charge on any atom is -0.496 e. The van der Waals surface area contributed by atoms with E-state index < -0.39 is 11.4 Å². The maximum atomic E-state index is 12.8. The fourth-order valence-electron chi connectivity index (χ4n) is 3.98. The molecule has 0 unspecified atom stereocenters. The summed E-state index contributed by atoms with van der Waals surface area (Å²) in [5.41, 5.74) is 3.47. The molecule has 25 heavy (non-hydrogen) atoms. The first-order valence-corrected chi connectivity index (χ1v) is 8.53. The lowest BCUT2D eigenvalue weighted by molar-refractivity contribution is -0.136. The van der Waals surface area contributed by atoms with Gasteiger partial charge in [-0.25, -0.2) is 4.79 Å². The summed E-state index contributed by atoms with van der Waals surface area (Å²) in [4.78, 5) is 24.8. The van der Waals surface area contributed by atoms with E-state index in [1.54, 1.807) is 27.9 Å². The third-order valence-corrected chi connectivity index (χ3v) is 4.95. The lowest BCUT2D eigenvalue weighted by Crippen LogP contribution is -2.27. The third-order valence-electron chi connectivity index (χ3n) is 4.95. The number of methoxy groups -OCH3 is 1. The highest BCUT2D eigenvalue weighted by Gasteiger charge is 2.41. The van der Waals surface area contributed by atoms with Gasteiger partial charge in [0.1, 0.15) is 11.3 Å². The van der Waals surface area contributed by atoms with E-state index >= 15 is 0 Å². The van der Waals surface area contributed by atoms with Crippen molar-refractivity contribution in [2.45, 2.75) is 60.3 Å². The van der Waals surface area contributed by atoms with Gasteiger partial charge in [-0.1, -0.05) is 34.6 Å². The summed E-state index contributed by atoms with van der Waals surface area (Å²) in [6, 6.07) is 1.96. The Morgan fingerprint density at radius 3 is 2.20 bits per heavy atom. The fourth-order valence-corrected chi connectivity index (χ4v) is 3.98. The van der Waals surface area contributed by atoms with Crippen molar-refractivity contribution in [2.24, 2.45) is 5.41 Å². The largest absolute Gasteiger partial charge is 0.496 e. The standard InChI is InChI=1S/C21H28O4/c1-11-9-13-14(15(19(23)24)18(22)20(3,4)5)10-21(6,7)16(13)12(2)17(11)25-8/h9H,10H2,1-8H3,(H,23,24). The molecule has 0 saturated heterocycles. The van der Waals surface area contributed by atoms with Crippen LogP contribution in [-0.2, 0) is 15.0 Å². The molecule has 1 aliphatic rings. The average Bonchev–Trinajstić information content (AvgIpc) is 2.69. The number of aryl methyl sites for hydroxylation is 1. The number of aliphatic carboxylic acids is 1. The second-order valence-electron chi connectivity index (χ2n) is 8.57. The Balaban J connectivity index is 2.89. The number of rotatable bonds is 3. The number of carboxylic acids is 1. The molecule has 1 aliphatic carbocycles. The number of Topliss-reactive ketones (excluding diaryl/α,β-unsaturated/α-hetero) is 1. The van der Waals surface area contributed by atoms with Crippen LogP contribution in [-0.4, -0.2) is 24.0 Å². The van der Waals surface area contributed by atoms with Gasteiger partial charge in [0.2, 0.25) is 0 Å². The van der Waals surface area contributed by atoms with Crippen LogP contribution in [0.1, 0.15) is 63.3 Å². The number of fused-ring (bicyclic) bond motifs is 1. The second-order valence-corrected chi connectivity index (χ2v) is 8.57. The smallest absolute Gasteiger partial charge is 0.339 e. The number of benzene rings is 1. The molecule has 0 aliphatic heterocycles. The van der Waals surface area contributed by atoms with Gasteiger partial charge in [-0.2, -0.15) is 0 Å². The Hall–Kier alpha value is -2.10. The van der Waals surface area contributed by atoms with Crippen LogP contribution >= 0.6 is 0 Å². The number of carbonyl (C=O) groups excluding carboxylic acids is 1. The monoisotopic (exact) mass is 344 g/mol. The molecule has 0 atom stereocenters. The van der Waals surface area contributed by atoms with Crippen molar-refractivity contribution in [3.05, 3.63) is 33.9 Å². The molecule has 0 spiro atoms. The maximum absolute atomic E-state index is 12.8. The Labute approximate surface area is 149 Å². The zero-order chi connectivity index (χ0) is 19.3. The van der Waals surface area contributed by atoms with E-state index in [2.05, 4.69) is 13.8 Å². The van der Waals surface area contributed by atoms with Crippen LogP contribution < -0.4 is 4.74 Å². The number of carbonyl (C=O) groups is 2. The highest BCUT2D eigenvalue weighted by Crippen LogP contribution is 2.51. The van der Waals surface area contributed by atoms with Crippen molar-refractivity contribution < 1.29 is 19.4 Å². The summed E-state index contributed by atoms with van der Waals surface area (Å²) < 4.78 is 5.54. The van der Waals surface area contributed by atoms with Gasteiger partial charge in [-0.05, 0) is 59.6 Å². The number of hydrogen-bond acceptors (Lipinski definition) is 3. The van der Waals surface area contributed by atoms with Crippen molar-refractivity contribution in [1.82, 2.24) is 0 Å². The first kappa shape index (κ1) is 19.2. The van der Waals surface area contributed by atoms with Crippen LogP contribution in [0.4, 0.5) is 0 Å². The molecule has 0 amide bonds. The number of ketones is 1. The van der Waals surface area contributed by atoms with Crippen molar-refractivity contribution in [3.8, 4) is 5.75 Å². The van der Waals surface area contributed by atoms with Crippen molar-refractivity contribution in [3.63, 3.8) is 0 Å². The SMILES string of the molecule is COc1c(C)cc2c(c1C)C(C)(C)CC2=C(C(=O)O)C(=O)C(C)(C)C. The van der Waals surface area contributed by atoms with E-state index in [9.17, 15) is 14.7 Å². The van der Waals surface area contributed by atoms with Crippen LogP contribution in [0.15, 0.2) is 11.6 Å². The van der Waals surface area contributed by atoms with Crippen LogP contribution in [0.3, 0.4) is 0 Å². The molecule has 1 aromatic rings. The molecule has 4 heteroatoms. The molecule has 1 N–H and O–H groups in total. The van der Waals surface area contributed by atoms with Gasteiger partial charge < -0.3 is 9.84 Å². The second kappa shape index (κ2) is 6.01. The van der Waals surface area contributed by atoms with E-state index in [0.717, 1.165) is 28.0 Å². The van der Waals surface area contributed by atoms with Crippen LogP contribution in [0.2, 0.25) is 0 Å². The van der Waals surface area contributed by atoms with E-state index in [-0.39, 0.29) is 16.8 Å². The highest BCUT2D eigenvalue weighted by molar-refractivity contribution is 6.24. The minimum atomic E-state index is -1.15. The van der Waals surface area contributed by atoms with Crippen LogP contribution in [0.5, 0.6) is 5.75 Å². The summed E-state index contributed by atoms with van der Waals surface area (Å²) in [5, 5.41) is 9.80. The quantitative estimate of drug-likeness (QED) is 0.500. The van der Waals surface area contributed by atoms with E-state index in [1.165, 1.54) is 0 Å². The first-order valence-electron chi connectivity index (χ1n) is 8.53. The molecule has 0 fully saturated rings. The zero-order valence-corrected chi connectivity index (χ0v) is 16.5. The lowest BCUT2D eigenvalue weighted by Gasteiger charge is -2.23. The molecular formula is C21H28O4. The number of carboxylic acid groups (broad SMARTS) is 1. The fraction of sp³-hybridized carbons (Fsp3) is 0.524. The predicted octanol–water partition coefficient (Wildman–Crippen LogP) is 4.45. The molecule has 1 aromatic carbocycles. The van der Waals surface area contributed by atoms with Crippen molar-refractivity contribution >= 4 is 17.3 Å². The maximum Gasteiger partial charge on any atom is 0.339 e. The summed E-state index contributed by atoms with van der Waals surface area (Å²) in [6.45, 7) is 13.4. The zero-order valence-electron chi connectivity index (χ0n) is 16.5. The number of allylic oxidation sites excluding steroid dienone is 1. The van der Waals surface area contributed by atoms with Gasteiger partial charge >= 0.3 is 5.97 Å². The van der Waals surface area contributed by atoms with Gasteiger partial charge in [0.25, 0.3) is 0 Å². The van der Waals surface area contributed by atoms with Gasteiger partial charge in [0.05, 0.1) is 7.11 Å². The Morgan fingerprint density at radius 1 is 1.20 bits per heavy atom. The van der Waals surface area contributed by atoms with E-state index in [4.69, 9.17) is 4.74 Å². The molecule has 0 aromatic heterocycles. The van der Waals surface area contributed by atoms with Crippen LogP contribution in [0, 0.1) is 19.3 Å². The molecule has 0 bridgehead atoms.